The van der Waals surface area contributed by atoms with Crippen molar-refractivity contribution in [3.63, 3.8) is 0 Å². The molecule has 0 radical (unpaired) electrons. The molecule has 0 aliphatic heterocycles. The fourth-order valence-corrected chi connectivity index (χ4v) is 0.582. The molecule has 1 amide bonds. The summed E-state index contributed by atoms with van der Waals surface area (Å²) in [5.41, 5.74) is 0. The molecule has 0 aliphatic rings. The van der Waals surface area contributed by atoms with Crippen LogP contribution in [0, 0.1) is 0 Å². The summed E-state index contributed by atoms with van der Waals surface area (Å²) < 4.78 is 4.14. The van der Waals surface area contributed by atoms with Gasteiger partial charge < -0.3 is 20.0 Å². The molecule has 0 aromatic heterocycles. The Morgan fingerprint density at radius 1 is 1.19 bits per heavy atom. The number of ether oxygens (including phenoxy) is 1. The minimum Gasteiger partial charge on any atom is -0.453 e. The van der Waals surface area contributed by atoms with Crippen molar-refractivity contribution in [2.75, 3.05) is 20.8 Å². The van der Waals surface area contributed by atoms with Gasteiger partial charge in [0.15, 0.2) is 0 Å². The lowest BCUT2D eigenvalue weighted by Crippen LogP contribution is -2.24. The van der Waals surface area contributed by atoms with E-state index in [4.69, 9.17) is 5.11 Å². The Balaban J connectivity index is 0. The van der Waals surface area contributed by atoms with E-state index in [2.05, 4.69) is 10.1 Å². The van der Waals surface area contributed by atoms with Crippen LogP contribution in [-0.2, 0) is 9.53 Å². The lowest BCUT2D eigenvalue weighted by atomic mass is 10.4. The van der Waals surface area contributed by atoms with Crippen LogP contribution in [0.2, 0.25) is 0 Å². The fourth-order valence-electron chi connectivity index (χ4n) is 0.582. The highest BCUT2D eigenvalue weighted by molar-refractivity contribution is 5.70. The maximum Gasteiger partial charge on any atom is 0.407 e. The minimum absolute atomic E-state index is 0.00662. The number of aldehydes is 1. The van der Waals surface area contributed by atoms with Crippen LogP contribution in [-0.4, -0.2) is 38.3 Å². The Labute approximate surface area is 95.0 Å². The Bertz CT molecular complexity index is 225. The number of hydrogen-bond donors (Lipinski definition) is 2. The number of alkyl carbamates (subject to hydrolysis) is 1. The second-order valence-corrected chi connectivity index (χ2v) is 2.19. The number of rotatable bonds is 2. The topological polar surface area (TPSA) is 75.6 Å². The summed E-state index contributed by atoms with van der Waals surface area (Å²) in [6, 6.07) is 12.0. The number of amides is 1. The smallest absolute Gasteiger partial charge is 0.407 e. The van der Waals surface area contributed by atoms with Gasteiger partial charge in [-0.15, -0.1) is 0 Å². The first-order chi connectivity index (χ1) is 7.81. The summed E-state index contributed by atoms with van der Waals surface area (Å²) >= 11 is 0. The van der Waals surface area contributed by atoms with Gasteiger partial charge in [-0.2, -0.15) is 0 Å². The number of benzene rings is 1. The molecule has 0 atom stereocenters. The normalized spacial score (nSPS) is 7.19. The van der Waals surface area contributed by atoms with Crippen LogP contribution >= 0.6 is 0 Å². The van der Waals surface area contributed by atoms with Gasteiger partial charge in [0.2, 0.25) is 0 Å². The molecule has 0 spiro atoms. The zero-order valence-corrected chi connectivity index (χ0v) is 9.42. The number of carbonyl (C=O) groups excluding carboxylic acids is 2. The Morgan fingerprint density at radius 3 is 1.81 bits per heavy atom. The van der Waals surface area contributed by atoms with Crippen LogP contribution in [0.1, 0.15) is 0 Å². The highest BCUT2D eigenvalue weighted by Gasteiger charge is 1.92. The number of carbonyl (C=O) groups is 2. The molecule has 5 nitrogen and oxygen atoms in total. The molecule has 90 valence electrons. The third kappa shape index (κ3) is 14.6. The molecule has 1 aromatic rings. The molecule has 0 heterocycles. The van der Waals surface area contributed by atoms with E-state index in [1.165, 1.54) is 7.11 Å². The predicted molar refractivity (Wildman–Crippen MR) is 61.1 cm³/mol. The summed E-state index contributed by atoms with van der Waals surface area (Å²) in [7, 11) is 2.24. The lowest BCUT2D eigenvalue weighted by molar-refractivity contribution is -0.107. The standard InChI is InChI=1S/C6H6.C4H7NO3.CH4O/c1-2-4-6-5-3-1;1-8-4(7)5-2-3-6;1-2/h1-6H;3H,2H2,1H3,(H,5,7);2H,1H3. The average molecular weight is 227 g/mol. The molecule has 1 rings (SSSR count). The number of hydrogen-bond acceptors (Lipinski definition) is 4. The van der Waals surface area contributed by atoms with Crippen LogP contribution in [0.15, 0.2) is 36.4 Å². The second-order valence-electron chi connectivity index (χ2n) is 2.19. The van der Waals surface area contributed by atoms with Crippen molar-refractivity contribution < 1.29 is 19.4 Å². The van der Waals surface area contributed by atoms with Crippen molar-refractivity contribution in [1.29, 1.82) is 0 Å². The highest BCUT2D eigenvalue weighted by Crippen LogP contribution is 1.79. The molecule has 5 heteroatoms. The van der Waals surface area contributed by atoms with Crippen molar-refractivity contribution in [1.82, 2.24) is 5.32 Å². The molecule has 0 unspecified atom stereocenters. The monoisotopic (exact) mass is 227 g/mol. The zero-order valence-electron chi connectivity index (χ0n) is 9.42. The van der Waals surface area contributed by atoms with Gasteiger partial charge in [-0.1, -0.05) is 36.4 Å². The Morgan fingerprint density at radius 2 is 1.56 bits per heavy atom. The lowest BCUT2D eigenvalue weighted by Gasteiger charge is -1.94. The molecule has 0 fully saturated rings. The third-order valence-corrected chi connectivity index (χ3v) is 1.18. The zero-order chi connectivity index (χ0) is 12.6. The van der Waals surface area contributed by atoms with E-state index in [0.29, 0.717) is 6.29 Å². The van der Waals surface area contributed by atoms with Crippen LogP contribution in [0.25, 0.3) is 0 Å². The van der Waals surface area contributed by atoms with E-state index >= 15 is 0 Å². The molecule has 1 aromatic carbocycles. The first-order valence-electron chi connectivity index (χ1n) is 4.51. The third-order valence-electron chi connectivity index (χ3n) is 1.18. The quantitative estimate of drug-likeness (QED) is 0.734. The van der Waals surface area contributed by atoms with Crippen molar-refractivity contribution in [2.45, 2.75) is 0 Å². The maximum atomic E-state index is 10.1. The van der Waals surface area contributed by atoms with E-state index in [9.17, 15) is 9.59 Å². The number of aliphatic hydroxyl groups is 1. The summed E-state index contributed by atoms with van der Waals surface area (Å²) in [5, 5.41) is 9.15. The molecule has 0 saturated carbocycles. The summed E-state index contributed by atoms with van der Waals surface area (Å²) in [5.74, 6) is 0. The SMILES string of the molecule is CO.COC(=O)NCC=O.c1ccccc1. The van der Waals surface area contributed by atoms with Gasteiger partial charge >= 0.3 is 6.09 Å². The van der Waals surface area contributed by atoms with Crippen LogP contribution in [0.4, 0.5) is 4.79 Å². The first-order valence-corrected chi connectivity index (χ1v) is 4.51. The van der Waals surface area contributed by atoms with Crippen molar-refractivity contribution in [3.05, 3.63) is 36.4 Å². The number of nitrogens with one attached hydrogen (secondary N) is 1. The summed E-state index contributed by atoms with van der Waals surface area (Å²) in [6.45, 7) is 0.00662. The average Bonchev–Trinajstić information content (AvgIpc) is 2.41. The van der Waals surface area contributed by atoms with Crippen molar-refractivity contribution in [2.24, 2.45) is 0 Å². The van der Waals surface area contributed by atoms with Gasteiger partial charge in [0.25, 0.3) is 0 Å². The minimum atomic E-state index is -0.586. The van der Waals surface area contributed by atoms with Crippen LogP contribution in [0.3, 0.4) is 0 Å². The number of aliphatic hydroxyl groups excluding tert-OH is 1. The second kappa shape index (κ2) is 15.6. The van der Waals surface area contributed by atoms with Crippen LogP contribution < -0.4 is 5.32 Å². The number of methoxy groups -OCH3 is 1. The summed E-state index contributed by atoms with van der Waals surface area (Å²) in [6.07, 6.45) is -0.00574. The highest BCUT2D eigenvalue weighted by atomic mass is 16.5. The molecular weight excluding hydrogens is 210 g/mol. The maximum absolute atomic E-state index is 10.1. The molecule has 0 saturated heterocycles. The van der Waals surface area contributed by atoms with E-state index in [0.717, 1.165) is 7.11 Å². The van der Waals surface area contributed by atoms with Crippen LogP contribution in [0.5, 0.6) is 0 Å². The van der Waals surface area contributed by atoms with E-state index in [1.54, 1.807) is 0 Å². The van der Waals surface area contributed by atoms with Gasteiger partial charge in [0.05, 0.1) is 13.7 Å². The van der Waals surface area contributed by atoms with Crippen molar-refractivity contribution >= 4 is 12.4 Å². The van der Waals surface area contributed by atoms with Gasteiger partial charge in [0, 0.05) is 7.11 Å². The van der Waals surface area contributed by atoms with Gasteiger partial charge in [0.1, 0.15) is 6.29 Å². The Hall–Kier alpha value is -1.88. The van der Waals surface area contributed by atoms with Gasteiger partial charge in [-0.3, -0.25) is 0 Å². The predicted octanol–water partition coefficient (Wildman–Crippen LogP) is 0.836. The van der Waals surface area contributed by atoms with E-state index in [-0.39, 0.29) is 6.54 Å². The molecule has 16 heavy (non-hydrogen) atoms. The molecule has 0 bridgehead atoms. The van der Waals surface area contributed by atoms with Gasteiger partial charge in [-0.25, -0.2) is 4.79 Å². The molecule has 2 N–H and O–H groups in total. The van der Waals surface area contributed by atoms with Gasteiger partial charge in [-0.05, 0) is 0 Å². The van der Waals surface area contributed by atoms with Crippen molar-refractivity contribution in [3.8, 4) is 0 Å². The van der Waals surface area contributed by atoms with E-state index < -0.39 is 6.09 Å². The summed E-state index contributed by atoms with van der Waals surface area (Å²) in [4.78, 5) is 19.6. The first kappa shape index (κ1) is 16.5. The molecular formula is C11H17NO4. The molecule has 0 aliphatic carbocycles. The van der Waals surface area contributed by atoms with E-state index in [1.807, 2.05) is 36.4 Å². The fraction of sp³-hybridized carbons (Fsp3) is 0.273. The Kier molecular flexibility index (Phi) is 16.1. The largest absolute Gasteiger partial charge is 0.453 e.